The highest BCUT2D eigenvalue weighted by Crippen LogP contribution is 2.36. The number of hydrogen-bond acceptors (Lipinski definition) is 1. The van der Waals surface area contributed by atoms with Crippen LogP contribution >= 0.6 is 0 Å². The third kappa shape index (κ3) is 1.25. The van der Waals surface area contributed by atoms with Crippen LogP contribution in [0.15, 0.2) is 12.1 Å². The van der Waals surface area contributed by atoms with Crippen molar-refractivity contribution < 1.29 is 4.39 Å². The van der Waals surface area contributed by atoms with E-state index in [1.54, 1.807) is 12.1 Å². The van der Waals surface area contributed by atoms with Crippen molar-refractivity contribution in [3.05, 3.63) is 34.6 Å². The highest BCUT2D eigenvalue weighted by Gasteiger charge is 2.27. The normalized spacial score (nSPS) is 26.2. The Hall–Kier alpha value is -0.890. The van der Waals surface area contributed by atoms with Crippen LogP contribution in [0, 0.1) is 18.7 Å². The second kappa shape index (κ2) is 2.81. The first kappa shape index (κ1) is 8.70. The minimum absolute atomic E-state index is 0.0180. The van der Waals surface area contributed by atoms with E-state index in [2.05, 4.69) is 6.92 Å². The molecule has 2 N–H and O–H groups in total. The molecular weight excluding hydrogens is 165 g/mol. The summed E-state index contributed by atoms with van der Waals surface area (Å²) in [4.78, 5) is 0. The number of fused-ring (bicyclic) bond motifs is 1. The quantitative estimate of drug-likeness (QED) is 0.650. The van der Waals surface area contributed by atoms with Gasteiger partial charge in [0.25, 0.3) is 0 Å². The largest absolute Gasteiger partial charge is 0.324 e. The van der Waals surface area contributed by atoms with Crippen molar-refractivity contribution in [3.8, 4) is 0 Å². The number of aryl methyl sites for hydroxylation is 1. The average Bonchev–Trinajstić information content (AvgIpc) is 2.32. The Bertz CT molecular complexity index is 346. The fourth-order valence-corrected chi connectivity index (χ4v) is 2.13. The number of hydrogen-bond donors (Lipinski definition) is 1. The van der Waals surface area contributed by atoms with E-state index in [0.29, 0.717) is 5.92 Å². The maximum atomic E-state index is 13.1. The number of rotatable bonds is 0. The molecule has 1 aliphatic carbocycles. The minimum atomic E-state index is -0.166. The van der Waals surface area contributed by atoms with E-state index in [9.17, 15) is 4.39 Å². The third-order valence-electron chi connectivity index (χ3n) is 2.97. The van der Waals surface area contributed by atoms with Crippen LogP contribution in [0.3, 0.4) is 0 Å². The molecule has 0 saturated heterocycles. The SMILES string of the molecule is Cc1cc(F)cc2c1CC(C)C2N. The summed E-state index contributed by atoms with van der Waals surface area (Å²) >= 11 is 0. The molecule has 2 heteroatoms. The van der Waals surface area contributed by atoms with Crippen LogP contribution in [0.5, 0.6) is 0 Å². The predicted octanol–water partition coefficient (Wildman–Crippen LogP) is 2.33. The van der Waals surface area contributed by atoms with Crippen molar-refractivity contribution in [1.29, 1.82) is 0 Å². The van der Waals surface area contributed by atoms with Gasteiger partial charge in [0.05, 0.1) is 0 Å². The van der Waals surface area contributed by atoms with Gasteiger partial charge in [0.2, 0.25) is 0 Å². The topological polar surface area (TPSA) is 26.0 Å². The molecule has 2 unspecified atom stereocenters. The molecule has 0 heterocycles. The van der Waals surface area contributed by atoms with Crippen LogP contribution in [0.1, 0.15) is 29.7 Å². The zero-order valence-corrected chi connectivity index (χ0v) is 7.97. The van der Waals surface area contributed by atoms with Crippen LogP contribution in [0.2, 0.25) is 0 Å². The fraction of sp³-hybridized carbons (Fsp3) is 0.455. The van der Waals surface area contributed by atoms with E-state index >= 15 is 0 Å². The Kier molecular flexibility index (Phi) is 1.88. The molecule has 0 radical (unpaired) electrons. The molecule has 0 bridgehead atoms. The molecular formula is C11H14FN. The van der Waals surface area contributed by atoms with Crippen LogP contribution < -0.4 is 5.73 Å². The maximum absolute atomic E-state index is 13.1. The average molecular weight is 179 g/mol. The van der Waals surface area contributed by atoms with Gasteiger partial charge in [-0.3, -0.25) is 0 Å². The molecule has 1 aromatic carbocycles. The molecule has 2 rings (SSSR count). The molecule has 0 spiro atoms. The molecule has 0 aliphatic heterocycles. The molecule has 0 amide bonds. The Balaban J connectivity index is 2.57. The molecule has 1 aliphatic rings. The number of benzene rings is 1. The van der Waals surface area contributed by atoms with E-state index in [4.69, 9.17) is 5.73 Å². The van der Waals surface area contributed by atoms with Gasteiger partial charge in [-0.25, -0.2) is 4.39 Å². The second-order valence-electron chi connectivity index (χ2n) is 4.00. The zero-order valence-electron chi connectivity index (χ0n) is 7.97. The van der Waals surface area contributed by atoms with Gasteiger partial charge in [-0.15, -0.1) is 0 Å². The summed E-state index contributed by atoms with van der Waals surface area (Å²) < 4.78 is 13.1. The Morgan fingerprint density at radius 2 is 2.15 bits per heavy atom. The maximum Gasteiger partial charge on any atom is 0.123 e. The lowest BCUT2D eigenvalue weighted by atomic mass is 10.0. The summed E-state index contributed by atoms with van der Waals surface area (Å²) in [5.74, 6) is 0.274. The summed E-state index contributed by atoms with van der Waals surface area (Å²) in [6.07, 6.45) is 0.989. The van der Waals surface area contributed by atoms with Gasteiger partial charge in [-0.05, 0) is 48.1 Å². The monoisotopic (exact) mass is 179 g/mol. The first-order valence-electron chi connectivity index (χ1n) is 4.64. The van der Waals surface area contributed by atoms with Gasteiger partial charge >= 0.3 is 0 Å². The fourth-order valence-electron chi connectivity index (χ4n) is 2.13. The van der Waals surface area contributed by atoms with Gasteiger partial charge < -0.3 is 5.73 Å². The summed E-state index contributed by atoms with van der Waals surface area (Å²) in [5.41, 5.74) is 9.25. The number of nitrogens with two attached hydrogens (primary N) is 1. The van der Waals surface area contributed by atoms with Gasteiger partial charge in [-0.2, -0.15) is 0 Å². The van der Waals surface area contributed by atoms with Gasteiger partial charge in [0.1, 0.15) is 5.82 Å². The summed E-state index contributed by atoms with van der Waals surface area (Å²) in [5, 5.41) is 0. The van der Waals surface area contributed by atoms with Gasteiger partial charge in [0, 0.05) is 6.04 Å². The van der Waals surface area contributed by atoms with Gasteiger partial charge in [-0.1, -0.05) is 6.92 Å². The van der Waals surface area contributed by atoms with Crippen LogP contribution in [0.4, 0.5) is 4.39 Å². The minimum Gasteiger partial charge on any atom is -0.324 e. The van der Waals surface area contributed by atoms with Gasteiger partial charge in [0.15, 0.2) is 0 Å². The van der Waals surface area contributed by atoms with Crippen molar-refractivity contribution >= 4 is 0 Å². The van der Waals surface area contributed by atoms with Crippen molar-refractivity contribution in [3.63, 3.8) is 0 Å². The Morgan fingerprint density at radius 1 is 1.46 bits per heavy atom. The highest BCUT2D eigenvalue weighted by molar-refractivity contribution is 5.41. The Morgan fingerprint density at radius 3 is 2.85 bits per heavy atom. The number of halogens is 1. The van der Waals surface area contributed by atoms with Crippen LogP contribution in [0.25, 0.3) is 0 Å². The highest BCUT2D eigenvalue weighted by atomic mass is 19.1. The Labute approximate surface area is 77.8 Å². The molecule has 70 valence electrons. The molecule has 0 saturated carbocycles. The van der Waals surface area contributed by atoms with Crippen LogP contribution in [-0.2, 0) is 6.42 Å². The standard InChI is InChI=1S/C11H14FN/c1-6-3-8(12)5-10-9(6)4-7(2)11(10)13/h3,5,7,11H,4,13H2,1-2H3. The van der Waals surface area contributed by atoms with E-state index in [-0.39, 0.29) is 11.9 Å². The molecule has 0 aromatic heterocycles. The van der Waals surface area contributed by atoms with Crippen molar-refractivity contribution in [2.75, 3.05) is 0 Å². The molecule has 0 fully saturated rings. The molecule has 13 heavy (non-hydrogen) atoms. The van der Waals surface area contributed by atoms with E-state index in [1.165, 1.54) is 5.56 Å². The lowest BCUT2D eigenvalue weighted by Crippen LogP contribution is -2.13. The van der Waals surface area contributed by atoms with Crippen molar-refractivity contribution in [2.45, 2.75) is 26.3 Å². The molecule has 1 aromatic rings. The van der Waals surface area contributed by atoms with E-state index in [1.807, 2.05) is 6.92 Å². The second-order valence-corrected chi connectivity index (χ2v) is 4.00. The van der Waals surface area contributed by atoms with Crippen molar-refractivity contribution in [1.82, 2.24) is 0 Å². The molecule has 1 nitrogen and oxygen atoms in total. The lowest BCUT2D eigenvalue weighted by Gasteiger charge is -2.09. The first-order valence-corrected chi connectivity index (χ1v) is 4.64. The lowest BCUT2D eigenvalue weighted by molar-refractivity contribution is 0.511. The smallest absolute Gasteiger partial charge is 0.123 e. The predicted molar refractivity (Wildman–Crippen MR) is 50.9 cm³/mol. The summed E-state index contributed by atoms with van der Waals surface area (Å²) in [6, 6.07) is 3.18. The summed E-state index contributed by atoms with van der Waals surface area (Å²) in [6.45, 7) is 4.06. The molecule has 2 atom stereocenters. The summed E-state index contributed by atoms with van der Waals surface area (Å²) in [7, 11) is 0. The van der Waals surface area contributed by atoms with E-state index in [0.717, 1.165) is 17.5 Å². The van der Waals surface area contributed by atoms with E-state index < -0.39 is 0 Å². The third-order valence-corrected chi connectivity index (χ3v) is 2.97. The van der Waals surface area contributed by atoms with Crippen LogP contribution in [-0.4, -0.2) is 0 Å². The first-order chi connectivity index (χ1) is 6.09. The van der Waals surface area contributed by atoms with Crippen molar-refractivity contribution in [2.24, 2.45) is 11.7 Å². The zero-order chi connectivity index (χ0) is 9.59.